The average Bonchev–Trinajstić information content (AvgIpc) is 2.57. The molecule has 5 nitrogen and oxygen atoms in total. The monoisotopic (exact) mass is 250 g/mol. The summed E-state index contributed by atoms with van der Waals surface area (Å²) in [6.07, 6.45) is 0. The molecule has 1 aromatic carbocycles. The Kier molecular flexibility index (Phi) is 3.06. The fourth-order valence-electron chi connectivity index (χ4n) is 1.49. The van der Waals surface area contributed by atoms with Crippen molar-refractivity contribution in [3.8, 4) is 5.75 Å². The molecule has 88 valence electrons. The van der Waals surface area contributed by atoms with Crippen LogP contribution in [0.15, 0.2) is 24.3 Å². The predicted octanol–water partition coefficient (Wildman–Crippen LogP) is 0.438. The second kappa shape index (κ2) is 4.50. The summed E-state index contributed by atoms with van der Waals surface area (Å²) in [6.45, 7) is 0.278. The summed E-state index contributed by atoms with van der Waals surface area (Å²) in [7, 11) is 1.58. The van der Waals surface area contributed by atoms with Crippen molar-refractivity contribution in [2.24, 2.45) is 0 Å². The fourth-order valence-corrected chi connectivity index (χ4v) is 1.73. The molecule has 1 aromatic rings. The second-order valence-corrected chi connectivity index (χ2v) is 3.89. The zero-order valence-electron chi connectivity index (χ0n) is 9.10. The Morgan fingerprint density at radius 2 is 1.94 bits per heavy atom. The molecule has 0 bridgehead atoms. The molecule has 1 fully saturated rings. The summed E-state index contributed by atoms with van der Waals surface area (Å²) in [5.74, 6) is -0.562. The highest BCUT2D eigenvalue weighted by molar-refractivity contribution is 7.80. The zero-order chi connectivity index (χ0) is 12.4. The van der Waals surface area contributed by atoms with Crippen LogP contribution in [0.1, 0.15) is 5.56 Å². The van der Waals surface area contributed by atoms with E-state index in [4.69, 9.17) is 17.0 Å². The summed E-state index contributed by atoms with van der Waals surface area (Å²) < 4.78 is 5.03. The summed E-state index contributed by atoms with van der Waals surface area (Å²) in [4.78, 5) is 23.8. The molecule has 1 N–H and O–H groups in total. The van der Waals surface area contributed by atoms with Crippen molar-refractivity contribution in [3.05, 3.63) is 29.8 Å². The van der Waals surface area contributed by atoms with Gasteiger partial charge in [0.2, 0.25) is 0 Å². The third-order valence-electron chi connectivity index (χ3n) is 2.40. The topological polar surface area (TPSA) is 58.6 Å². The summed E-state index contributed by atoms with van der Waals surface area (Å²) in [5.41, 5.74) is 0.873. The van der Waals surface area contributed by atoms with Gasteiger partial charge in [0.1, 0.15) is 5.75 Å². The van der Waals surface area contributed by atoms with Gasteiger partial charge < -0.3 is 4.74 Å². The lowest BCUT2D eigenvalue weighted by Crippen LogP contribution is -2.30. The van der Waals surface area contributed by atoms with E-state index in [2.05, 4.69) is 5.32 Å². The van der Waals surface area contributed by atoms with Gasteiger partial charge in [0.25, 0.3) is 0 Å². The third-order valence-corrected chi connectivity index (χ3v) is 2.73. The first-order valence-corrected chi connectivity index (χ1v) is 5.32. The van der Waals surface area contributed by atoms with Gasteiger partial charge in [-0.2, -0.15) is 0 Å². The minimum absolute atomic E-state index is 0.149. The third kappa shape index (κ3) is 2.26. The number of methoxy groups -OCH3 is 1. The first-order chi connectivity index (χ1) is 8.11. The SMILES string of the molecule is COc1ccc(CN2C(=O)C(=O)NC2=S)cc1. The van der Waals surface area contributed by atoms with E-state index in [9.17, 15) is 9.59 Å². The molecule has 0 unspecified atom stereocenters. The van der Waals surface area contributed by atoms with Crippen molar-refractivity contribution in [1.29, 1.82) is 0 Å². The molecule has 0 atom stereocenters. The first kappa shape index (κ1) is 11.5. The van der Waals surface area contributed by atoms with E-state index in [1.807, 2.05) is 12.1 Å². The van der Waals surface area contributed by atoms with Crippen LogP contribution in [-0.2, 0) is 16.1 Å². The number of carbonyl (C=O) groups excluding carboxylic acids is 2. The van der Waals surface area contributed by atoms with Crippen molar-refractivity contribution in [2.75, 3.05) is 7.11 Å². The van der Waals surface area contributed by atoms with Gasteiger partial charge in [-0.15, -0.1) is 0 Å². The van der Waals surface area contributed by atoms with E-state index in [1.165, 1.54) is 4.90 Å². The van der Waals surface area contributed by atoms with Crippen molar-refractivity contribution >= 4 is 29.1 Å². The van der Waals surface area contributed by atoms with Crippen molar-refractivity contribution in [2.45, 2.75) is 6.54 Å². The van der Waals surface area contributed by atoms with Gasteiger partial charge in [-0.1, -0.05) is 12.1 Å². The number of ether oxygens (including phenoxy) is 1. The smallest absolute Gasteiger partial charge is 0.318 e. The van der Waals surface area contributed by atoms with Crippen LogP contribution in [0.25, 0.3) is 0 Å². The number of amides is 2. The largest absolute Gasteiger partial charge is 0.497 e. The lowest BCUT2D eigenvalue weighted by Gasteiger charge is -2.13. The Bertz CT molecular complexity index is 484. The Morgan fingerprint density at radius 3 is 2.41 bits per heavy atom. The maximum absolute atomic E-state index is 11.4. The Labute approximate surface area is 103 Å². The molecular weight excluding hydrogens is 240 g/mol. The minimum Gasteiger partial charge on any atom is -0.497 e. The van der Waals surface area contributed by atoms with Gasteiger partial charge in [0, 0.05) is 0 Å². The Morgan fingerprint density at radius 1 is 1.29 bits per heavy atom. The maximum Gasteiger partial charge on any atom is 0.318 e. The molecule has 2 amide bonds. The van der Waals surface area contributed by atoms with Gasteiger partial charge in [0.15, 0.2) is 5.11 Å². The highest BCUT2D eigenvalue weighted by atomic mass is 32.1. The van der Waals surface area contributed by atoms with Crippen LogP contribution in [-0.4, -0.2) is 28.9 Å². The predicted molar refractivity (Wildman–Crippen MR) is 64.3 cm³/mol. The molecule has 1 aliphatic heterocycles. The van der Waals surface area contributed by atoms with E-state index >= 15 is 0 Å². The van der Waals surface area contributed by atoms with Gasteiger partial charge in [-0.25, -0.2) is 0 Å². The number of carbonyl (C=O) groups is 2. The summed E-state index contributed by atoms with van der Waals surface area (Å²) in [5, 5.41) is 2.45. The lowest BCUT2D eigenvalue weighted by atomic mass is 10.2. The zero-order valence-corrected chi connectivity index (χ0v) is 9.91. The van der Waals surface area contributed by atoms with Crippen molar-refractivity contribution in [3.63, 3.8) is 0 Å². The standard InChI is InChI=1S/C11H10N2O3S/c1-16-8-4-2-7(3-5-8)6-13-10(15)9(14)12-11(13)17/h2-5H,6H2,1H3,(H,12,14,17). The molecule has 6 heteroatoms. The number of hydrogen-bond acceptors (Lipinski definition) is 4. The van der Waals surface area contributed by atoms with Crippen LogP contribution >= 0.6 is 12.2 Å². The molecule has 17 heavy (non-hydrogen) atoms. The Balaban J connectivity index is 2.12. The van der Waals surface area contributed by atoms with Crippen LogP contribution in [0.2, 0.25) is 0 Å². The number of nitrogens with zero attached hydrogens (tertiary/aromatic N) is 1. The normalized spacial score (nSPS) is 15.1. The molecular formula is C11H10N2O3S. The molecule has 0 aromatic heterocycles. The van der Waals surface area contributed by atoms with Crippen LogP contribution < -0.4 is 10.1 Å². The summed E-state index contributed by atoms with van der Waals surface area (Å²) in [6, 6.07) is 7.21. The maximum atomic E-state index is 11.4. The van der Waals surface area contributed by atoms with Crippen LogP contribution in [0.3, 0.4) is 0 Å². The molecule has 1 heterocycles. The molecule has 0 radical (unpaired) electrons. The average molecular weight is 250 g/mol. The number of nitrogens with one attached hydrogen (secondary N) is 1. The quantitative estimate of drug-likeness (QED) is 0.624. The van der Waals surface area contributed by atoms with E-state index in [1.54, 1.807) is 19.2 Å². The molecule has 1 aliphatic rings. The van der Waals surface area contributed by atoms with Crippen LogP contribution in [0.4, 0.5) is 0 Å². The molecule has 0 saturated carbocycles. The first-order valence-electron chi connectivity index (χ1n) is 4.91. The molecule has 1 saturated heterocycles. The van der Waals surface area contributed by atoms with Crippen LogP contribution in [0.5, 0.6) is 5.75 Å². The minimum atomic E-state index is -0.677. The Hall–Kier alpha value is -1.95. The van der Waals surface area contributed by atoms with Crippen LogP contribution in [0, 0.1) is 0 Å². The van der Waals surface area contributed by atoms with Crippen molar-refractivity contribution in [1.82, 2.24) is 10.2 Å². The second-order valence-electron chi connectivity index (χ2n) is 3.50. The fraction of sp³-hybridized carbons (Fsp3) is 0.182. The highest BCUT2D eigenvalue weighted by Crippen LogP contribution is 2.14. The van der Waals surface area contributed by atoms with E-state index in [0.717, 1.165) is 11.3 Å². The van der Waals surface area contributed by atoms with Gasteiger partial charge in [-0.05, 0) is 29.9 Å². The number of thiocarbonyl (C=S) groups is 1. The van der Waals surface area contributed by atoms with E-state index in [0.29, 0.717) is 0 Å². The van der Waals surface area contributed by atoms with Gasteiger partial charge in [-0.3, -0.25) is 19.8 Å². The molecule has 0 aliphatic carbocycles. The van der Waals surface area contributed by atoms with Gasteiger partial charge >= 0.3 is 11.8 Å². The summed E-state index contributed by atoms with van der Waals surface area (Å²) >= 11 is 4.89. The van der Waals surface area contributed by atoms with Crippen molar-refractivity contribution < 1.29 is 14.3 Å². The number of hydrogen-bond donors (Lipinski definition) is 1. The lowest BCUT2D eigenvalue weighted by molar-refractivity contribution is -0.140. The highest BCUT2D eigenvalue weighted by Gasteiger charge is 2.33. The molecule has 0 spiro atoms. The van der Waals surface area contributed by atoms with E-state index in [-0.39, 0.29) is 11.7 Å². The number of benzene rings is 1. The number of rotatable bonds is 3. The van der Waals surface area contributed by atoms with Gasteiger partial charge in [0.05, 0.1) is 13.7 Å². The van der Waals surface area contributed by atoms with E-state index < -0.39 is 11.8 Å². The molecule has 2 rings (SSSR count).